The van der Waals surface area contributed by atoms with Crippen LogP contribution in [0.3, 0.4) is 0 Å². The van der Waals surface area contributed by atoms with Crippen molar-refractivity contribution < 1.29 is 14.4 Å². The first-order valence-corrected chi connectivity index (χ1v) is 7.14. The Hall–Kier alpha value is -2.17. The molecule has 1 aromatic rings. The quantitative estimate of drug-likeness (QED) is 0.790. The molecule has 1 aromatic carbocycles. The number of benzene rings is 1. The molecule has 1 aliphatic carbocycles. The molecule has 0 radical (unpaired) electrons. The van der Waals surface area contributed by atoms with E-state index < -0.39 is 11.7 Å². The second-order valence-corrected chi connectivity index (χ2v) is 5.88. The fourth-order valence-corrected chi connectivity index (χ4v) is 2.82. The van der Waals surface area contributed by atoms with Crippen LogP contribution in [0, 0.1) is 13.8 Å². The summed E-state index contributed by atoms with van der Waals surface area (Å²) in [5, 5.41) is 0. The minimum atomic E-state index is -0.597. The van der Waals surface area contributed by atoms with Crippen molar-refractivity contribution in [2.45, 2.75) is 32.7 Å². The Kier molecular flexibility index (Phi) is 3.08. The molecule has 5 heteroatoms. The zero-order chi connectivity index (χ0) is 15.3. The summed E-state index contributed by atoms with van der Waals surface area (Å²) in [7, 11) is 1.76. The molecular formula is C16H18N2O3. The van der Waals surface area contributed by atoms with Crippen molar-refractivity contribution in [1.29, 1.82) is 0 Å². The van der Waals surface area contributed by atoms with Gasteiger partial charge in [0.05, 0.1) is 11.3 Å². The van der Waals surface area contributed by atoms with Crippen LogP contribution in [0.25, 0.3) is 0 Å². The summed E-state index contributed by atoms with van der Waals surface area (Å²) >= 11 is 0. The number of ketones is 1. The third-order valence-electron chi connectivity index (χ3n) is 4.31. The van der Waals surface area contributed by atoms with E-state index in [1.54, 1.807) is 11.9 Å². The Balaban J connectivity index is 1.94. The van der Waals surface area contributed by atoms with E-state index in [0.717, 1.165) is 24.0 Å². The number of hydrogen-bond donors (Lipinski definition) is 0. The van der Waals surface area contributed by atoms with Gasteiger partial charge in [0, 0.05) is 13.1 Å². The Morgan fingerprint density at radius 3 is 2.48 bits per heavy atom. The monoisotopic (exact) mass is 286 g/mol. The normalized spacial score (nSPS) is 17.2. The molecule has 2 aliphatic rings. The van der Waals surface area contributed by atoms with E-state index in [1.807, 2.05) is 26.0 Å². The minimum absolute atomic E-state index is 0.0606. The molecule has 1 saturated carbocycles. The van der Waals surface area contributed by atoms with Crippen LogP contribution in [-0.2, 0) is 9.59 Å². The molecule has 1 heterocycles. The van der Waals surface area contributed by atoms with Gasteiger partial charge in [-0.3, -0.25) is 19.3 Å². The maximum Gasteiger partial charge on any atom is 0.299 e. The summed E-state index contributed by atoms with van der Waals surface area (Å²) in [5.74, 6) is -1.22. The largest absolute Gasteiger partial charge is 0.341 e. The van der Waals surface area contributed by atoms with Crippen molar-refractivity contribution in [1.82, 2.24) is 4.90 Å². The topological polar surface area (TPSA) is 57.7 Å². The van der Waals surface area contributed by atoms with Crippen LogP contribution in [-0.4, -0.2) is 42.1 Å². The Morgan fingerprint density at radius 2 is 1.86 bits per heavy atom. The van der Waals surface area contributed by atoms with Crippen LogP contribution in [0.5, 0.6) is 0 Å². The number of nitrogens with zero attached hydrogens (tertiary/aromatic N) is 2. The maximum absolute atomic E-state index is 12.3. The summed E-state index contributed by atoms with van der Waals surface area (Å²) in [6, 6.07) is 4.01. The van der Waals surface area contributed by atoms with Gasteiger partial charge in [-0.25, -0.2) is 0 Å². The molecule has 5 nitrogen and oxygen atoms in total. The van der Waals surface area contributed by atoms with Crippen LogP contribution < -0.4 is 4.90 Å². The number of anilines is 1. The number of amides is 2. The van der Waals surface area contributed by atoms with Crippen LogP contribution in [0.2, 0.25) is 0 Å². The highest BCUT2D eigenvalue weighted by Crippen LogP contribution is 2.35. The molecule has 2 amide bonds. The number of rotatable bonds is 3. The van der Waals surface area contributed by atoms with E-state index in [0.29, 0.717) is 17.3 Å². The van der Waals surface area contributed by atoms with Crippen molar-refractivity contribution in [3.05, 3.63) is 28.8 Å². The zero-order valence-electron chi connectivity index (χ0n) is 12.5. The highest BCUT2D eigenvalue weighted by molar-refractivity contribution is 6.53. The second kappa shape index (κ2) is 4.69. The smallest absolute Gasteiger partial charge is 0.299 e. The van der Waals surface area contributed by atoms with Crippen molar-refractivity contribution in [2.24, 2.45) is 0 Å². The summed E-state index contributed by atoms with van der Waals surface area (Å²) in [6.07, 6.45) is 2.04. The third-order valence-corrected chi connectivity index (χ3v) is 4.31. The van der Waals surface area contributed by atoms with Gasteiger partial charge in [0.25, 0.3) is 11.7 Å². The molecule has 0 unspecified atom stereocenters. The first-order valence-electron chi connectivity index (χ1n) is 7.14. The molecule has 21 heavy (non-hydrogen) atoms. The van der Waals surface area contributed by atoms with Crippen molar-refractivity contribution in [3.63, 3.8) is 0 Å². The van der Waals surface area contributed by atoms with Gasteiger partial charge in [-0.1, -0.05) is 12.1 Å². The van der Waals surface area contributed by atoms with E-state index >= 15 is 0 Å². The lowest BCUT2D eigenvalue weighted by molar-refractivity contribution is -0.130. The van der Waals surface area contributed by atoms with Crippen molar-refractivity contribution in [3.8, 4) is 0 Å². The number of fused-ring (bicyclic) bond motifs is 1. The molecule has 1 aliphatic heterocycles. The molecule has 3 rings (SSSR count). The van der Waals surface area contributed by atoms with Gasteiger partial charge in [0.15, 0.2) is 0 Å². The van der Waals surface area contributed by atoms with Crippen LogP contribution >= 0.6 is 0 Å². The highest BCUT2D eigenvalue weighted by Gasteiger charge is 2.40. The number of Topliss-reactive ketones (excluding diaryl/α,β-unsaturated/α-hetero) is 1. The van der Waals surface area contributed by atoms with Gasteiger partial charge in [-0.2, -0.15) is 0 Å². The van der Waals surface area contributed by atoms with Crippen molar-refractivity contribution >= 4 is 23.3 Å². The second-order valence-electron chi connectivity index (χ2n) is 5.88. The molecule has 0 atom stereocenters. The lowest BCUT2D eigenvalue weighted by Gasteiger charge is -2.22. The van der Waals surface area contributed by atoms with E-state index in [4.69, 9.17) is 0 Å². The lowest BCUT2D eigenvalue weighted by Crippen LogP contribution is -2.41. The van der Waals surface area contributed by atoms with Gasteiger partial charge >= 0.3 is 0 Å². The maximum atomic E-state index is 12.3. The van der Waals surface area contributed by atoms with Gasteiger partial charge in [0.1, 0.15) is 6.54 Å². The van der Waals surface area contributed by atoms with Gasteiger partial charge in [-0.05, 0) is 37.8 Å². The predicted molar refractivity (Wildman–Crippen MR) is 78.4 cm³/mol. The average molecular weight is 286 g/mol. The SMILES string of the molecule is Cc1ccc(C)c2c1C(=O)C(=O)N2CC(=O)N(C)C1CC1. The Morgan fingerprint density at radius 1 is 1.24 bits per heavy atom. The van der Waals surface area contributed by atoms with Crippen molar-refractivity contribution in [2.75, 3.05) is 18.5 Å². The predicted octanol–water partition coefficient (Wildman–Crippen LogP) is 1.45. The van der Waals surface area contributed by atoms with Gasteiger partial charge < -0.3 is 4.90 Å². The lowest BCUT2D eigenvalue weighted by atomic mass is 10.0. The average Bonchev–Trinajstić information content (AvgIpc) is 3.26. The Labute approximate surface area is 123 Å². The third kappa shape index (κ3) is 2.13. The molecule has 0 saturated heterocycles. The summed E-state index contributed by atoms with van der Waals surface area (Å²) in [5.41, 5.74) is 2.67. The molecule has 1 fully saturated rings. The molecular weight excluding hydrogens is 268 g/mol. The standard InChI is InChI=1S/C16H18N2O3/c1-9-4-5-10(2)14-13(9)15(20)16(21)18(14)8-12(19)17(3)11-6-7-11/h4-5,11H,6-8H2,1-3H3. The van der Waals surface area contributed by atoms with Crippen LogP contribution in [0.15, 0.2) is 12.1 Å². The first-order chi connectivity index (χ1) is 9.91. The molecule has 110 valence electrons. The number of likely N-dealkylation sites (N-methyl/N-ethyl adjacent to an activating group) is 1. The number of carbonyl (C=O) groups excluding carboxylic acids is 3. The number of aryl methyl sites for hydroxylation is 2. The van der Waals surface area contributed by atoms with Gasteiger partial charge in [0.2, 0.25) is 5.91 Å². The zero-order valence-corrected chi connectivity index (χ0v) is 12.5. The molecule has 0 N–H and O–H groups in total. The first kappa shape index (κ1) is 13.8. The summed E-state index contributed by atoms with van der Waals surface area (Å²) < 4.78 is 0. The van der Waals surface area contributed by atoms with E-state index in [9.17, 15) is 14.4 Å². The number of hydrogen-bond acceptors (Lipinski definition) is 3. The molecule has 0 bridgehead atoms. The van der Waals surface area contributed by atoms with Crippen LogP contribution in [0.4, 0.5) is 5.69 Å². The van der Waals surface area contributed by atoms with E-state index in [2.05, 4.69) is 0 Å². The fraction of sp³-hybridized carbons (Fsp3) is 0.438. The minimum Gasteiger partial charge on any atom is -0.341 e. The molecule has 0 aromatic heterocycles. The van der Waals surface area contributed by atoms with E-state index in [-0.39, 0.29) is 12.5 Å². The van der Waals surface area contributed by atoms with Crippen LogP contribution in [0.1, 0.15) is 34.3 Å². The van der Waals surface area contributed by atoms with E-state index in [1.165, 1.54) is 4.90 Å². The fourth-order valence-electron chi connectivity index (χ4n) is 2.82. The molecule has 0 spiro atoms. The number of carbonyl (C=O) groups is 3. The summed E-state index contributed by atoms with van der Waals surface area (Å²) in [6.45, 7) is 3.60. The summed E-state index contributed by atoms with van der Waals surface area (Å²) in [4.78, 5) is 39.7. The highest BCUT2D eigenvalue weighted by atomic mass is 16.2. The Bertz CT molecular complexity index is 662. The van der Waals surface area contributed by atoms with Gasteiger partial charge in [-0.15, -0.1) is 0 Å².